The lowest BCUT2D eigenvalue weighted by atomic mass is 9.64. The second-order valence-corrected chi connectivity index (χ2v) is 6.05. The SMILES string of the molecule is CCNC1CC(Oc2ccc([N+](=O)[O-])cc2Cl)C1(C)C. The van der Waals surface area contributed by atoms with Gasteiger partial charge in [-0.3, -0.25) is 10.1 Å². The highest BCUT2D eigenvalue weighted by Crippen LogP contribution is 2.44. The van der Waals surface area contributed by atoms with Gasteiger partial charge in [-0.15, -0.1) is 0 Å². The maximum absolute atomic E-state index is 10.7. The van der Waals surface area contributed by atoms with Crippen molar-refractivity contribution < 1.29 is 9.66 Å². The number of nitrogens with one attached hydrogen (secondary N) is 1. The van der Waals surface area contributed by atoms with Gasteiger partial charge < -0.3 is 10.1 Å². The lowest BCUT2D eigenvalue weighted by molar-refractivity contribution is -0.384. The highest BCUT2D eigenvalue weighted by molar-refractivity contribution is 6.32. The van der Waals surface area contributed by atoms with Gasteiger partial charge in [0.1, 0.15) is 11.9 Å². The van der Waals surface area contributed by atoms with E-state index in [0.29, 0.717) is 11.8 Å². The Morgan fingerprint density at radius 1 is 1.55 bits per heavy atom. The normalized spacial score (nSPS) is 24.0. The van der Waals surface area contributed by atoms with Crippen molar-refractivity contribution in [2.45, 2.75) is 39.3 Å². The fourth-order valence-electron chi connectivity index (χ4n) is 2.53. The maximum atomic E-state index is 10.7. The van der Waals surface area contributed by atoms with E-state index in [-0.39, 0.29) is 22.2 Å². The van der Waals surface area contributed by atoms with Crippen molar-refractivity contribution in [1.29, 1.82) is 0 Å². The summed E-state index contributed by atoms with van der Waals surface area (Å²) in [5, 5.41) is 14.4. The Balaban J connectivity index is 2.07. The number of ether oxygens (including phenoxy) is 1. The third-order valence-electron chi connectivity index (χ3n) is 4.02. The molecule has 1 aromatic carbocycles. The van der Waals surface area contributed by atoms with Gasteiger partial charge in [0.05, 0.1) is 9.95 Å². The molecule has 0 bridgehead atoms. The molecule has 0 amide bonds. The van der Waals surface area contributed by atoms with Gasteiger partial charge in [0.25, 0.3) is 5.69 Å². The number of non-ortho nitro benzene ring substituents is 1. The summed E-state index contributed by atoms with van der Waals surface area (Å²) in [4.78, 5) is 10.2. The van der Waals surface area contributed by atoms with Crippen LogP contribution in [0.5, 0.6) is 5.75 Å². The molecule has 1 aliphatic carbocycles. The minimum Gasteiger partial charge on any atom is -0.488 e. The summed E-state index contributed by atoms with van der Waals surface area (Å²) in [5.41, 5.74) is -0.0121. The number of nitro benzene ring substituents is 1. The lowest BCUT2D eigenvalue weighted by Crippen LogP contribution is -2.62. The highest BCUT2D eigenvalue weighted by Gasteiger charge is 2.49. The second-order valence-electron chi connectivity index (χ2n) is 5.65. The Labute approximate surface area is 123 Å². The third kappa shape index (κ3) is 2.74. The van der Waals surface area contributed by atoms with E-state index in [1.807, 2.05) is 0 Å². The van der Waals surface area contributed by atoms with E-state index in [0.717, 1.165) is 13.0 Å². The summed E-state index contributed by atoms with van der Waals surface area (Å²) in [5.74, 6) is 0.505. The molecule has 0 radical (unpaired) electrons. The zero-order valence-corrected chi connectivity index (χ0v) is 12.6. The van der Waals surface area contributed by atoms with E-state index in [2.05, 4.69) is 26.1 Å². The van der Waals surface area contributed by atoms with Gasteiger partial charge in [-0.1, -0.05) is 32.4 Å². The zero-order chi connectivity index (χ0) is 14.9. The smallest absolute Gasteiger partial charge is 0.271 e. The van der Waals surface area contributed by atoms with Crippen molar-refractivity contribution in [3.8, 4) is 5.75 Å². The molecule has 0 aliphatic heterocycles. The second kappa shape index (κ2) is 5.58. The van der Waals surface area contributed by atoms with Crippen LogP contribution in [0.1, 0.15) is 27.2 Å². The summed E-state index contributed by atoms with van der Waals surface area (Å²) in [7, 11) is 0. The molecule has 5 nitrogen and oxygen atoms in total. The molecular weight excluding hydrogens is 280 g/mol. The predicted octanol–water partition coefficient (Wildman–Crippen LogP) is 3.40. The van der Waals surface area contributed by atoms with Crippen molar-refractivity contribution in [2.24, 2.45) is 5.41 Å². The average Bonchev–Trinajstić information content (AvgIpc) is 2.39. The molecule has 20 heavy (non-hydrogen) atoms. The van der Waals surface area contributed by atoms with Crippen molar-refractivity contribution >= 4 is 17.3 Å². The summed E-state index contributed by atoms with van der Waals surface area (Å²) in [6.45, 7) is 7.30. The molecule has 6 heteroatoms. The topological polar surface area (TPSA) is 64.4 Å². The first kappa shape index (κ1) is 15.1. The van der Waals surface area contributed by atoms with Crippen molar-refractivity contribution in [1.82, 2.24) is 5.32 Å². The first-order valence-electron chi connectivity index (χ1n) is 6.70. The van der Waals surface area contributed by atoms with Crippen LogP contribution in [0.2, 0.25) is 5.02 Å². The number of rotatable bonds is 5. The number of nitro groups is 1. The van der Waals surface area contributed by atoms with E-state index in [1.54, 1.807) is 6.07 Å². The third-order valence-corrected chi connectivity index (χ3v) is 4.32. The first-order valence-corrected chi connectivity index (χ1v) is 7.08. The molecule has 1 aliphatic rings. The van der Waals surface area contributed by atoms with Gasteiger partial charge in [0.2, 0.25) is 0 Å². The minimum atomic E-state index is -0.468. The van der Waals surface area contributed by atoms with Crippen LogP contribution < -0.4 is 10.1 Å². The van der Waals surface area contributed by atoms with Crippen LogP contribution in [0.4, 0.5) is 5.69 Å². The van der Waals surface area contributed by atoms with Crippen LogP contribution >= 0.6 is 11.6 Å². The zero-order valence-electron chi connectivity index (χ0n) is 11.9. The monoisotopic (exact) mass is 298 g/mol. The first-order chi connectivity index (χ1) is 9.36. The van der Waals surface area contributed by atoms with Crippen LogP contribution in [-0.2, 0) is 0 Å². The Morgan fingerprint density at radius 2 is 2.25 bits per heavy atom. The molecule has 0 aromatic heterocycles. The van der Waals surface area contributed by atoms with Gasteiger partial charge in [-0.2, -0.15) is 0 Å². The summed E-state index contributed by atoms with van der Waals surface area (Å²) < 4.78 is 5.91. The number of hydrogen-bond donors (Lipinski definition) is 1. The number of nitrogens with zero attached hydrogens (tertiary/aromatic N) is 1. The summed E-state index contributed by atoms with van der Waals surface area (Å²) in [6, 6.07) is 4.73. The van der Waals surface area contributed by atoms with Crippen LogP contribution in [0.25, 0.3) is 0 Å². The molecule has 0 saturated heterocycles. The lowest BCUT2D eigenvalue weighted by Gasteiger charge is -2.51. The van der Waals surface area contributed by atoms with E-state index >= 15 is 0 Å². The van der Waals surface area contributed by atoms with Crippen molar-refractivity contribution in [3.63, 3.8) is 0 Å². The number of halogens is 1. The fourth-order valence-corrected chi connectivity index (χ4v) is 2.75. The molecule has 1 saturated carbocycles. The van der Waals surface area contributed by atoms with Crippen LogP contribution in [0.15, 0.2) is 18.2 Å². The van der Waals surface area contributed by atoms with Gasteiger partial charge in [0, 0.05) is 30.0 Å². The fraction of sp³-hybridized carbons (Fsp3) is 0.571. The molecule has 110 valence electrons. The maximum Gasteiger partial charge on any atom is 0.271 e. The van der Waals surface area contributed by atoms with Crippen molar-refractivity contribution in [2.75, 3.05) is 6.54 Å². The van der Waals surface area contributed by atoms with Gasteiger partial charge in [0.15, 0.2) is 0 Å². The van der Waals surface area contributed by atoms with E-state index in [1.165, 1.54) is 12.1 Å². The Kier molecular flexibility index (Phi) is 4.20. The molecule has 2 atom stereocenters. The number of hydrogen-bond acceptors (Lipinski definition) is 4. The molecule has 2 unspecified atom stereocenters. The van der Waals surface area contributed by atoms with Crippen LogP contribution in [0.3, 0.4) is 0 Å². The summed E-state index contributed by atoms with van der Waals surface area (Å²) in [6.07, 6.45) is 0.972. The molecule has 0 spiro atoms. The highest BCUT2D eigenvalue weighted by atomic mass is 35.5. The van der Waals surface area contributed by atoms with E-state index in [9.17, 15) is 10.1 Å². The number of benzene rings is 1. The molecule has 2 rings (SSSR count). The molecular formula is C14H19ClN2O3. The predicted molar refractivity (Wildman–Crippen MR) is 78.4 cm³/mol. The van der Waals surface area contributed by atoms with E-state index < -0.39 is 4.92 Å². The van der Waals surface area contributed by atoms with Gasteiger partial charge in [-0.25, -0.2) is 0 Å². The molecule has 1 fully saturated rings. The standard InChI is InChI=1S/C14H19ClN2O3/c1-4-16-12-8-13(14(12,2)3)20-11-6-5-9(17(18)19)7-10(11)15/h5-7,12-13,16H,4,8H2,1-3H3. The molecule has 1 aromatic rings. The average molecular weight is 299 g/mol. The Morgan fingerprint density at radius 3 is 2.75 bits per heavy atom. The van der Waals surface area contributed by atoms with Crippen molar-refractivity contribution in [3.05, 3.63) is 33.3 Å². The van der Waals surface area contributed by atoms with E-state index in [4.69, 9.17) is 16.3 Å². The molecule has 1 N–H and O–H groups in total. The summed E-state index contributed by atoms with van der Waals surface area (Å²) >= 11 is 6.04. The largest absolute Gasteiger partial charge is 0.488 e. The minimum absolute atomic E-state index is 0.0150. The Hall–Kier alpha value is -1.33. The van der Waals surface area contributed by atoms with Crippen LogP contribution in [-0.4, -0.2) is 23.6 Å². The van der Waals surface area contributed by atoms with Crippen LogP contribution in [0, 0.1) is 15.5 Å². The quantitative estimate of drug-likeness (QED) is 0.668. The Bertz CT molecular complexity index is 519. The van der Waals surface area contributed by atoms with Gasteiger partial charge in [-0.05, 0) is 12.6 Å². The van der Waals surface area contributed by atoms with Gasteiger partial charge >= 0.3 is 0 Å². The molecule has 0 heterocycles.